The summed E-state index contributed by atoms with van der Waals surface area (Å²) < 4.78 is 0. The highest BCUT2D eigenvalue weighted by atomic mass is 16.2. The number of carbonyl (C=O) groups is 2. The minimum Gasteiger partial charge on any atom is -0.332 e. The van der Waals surface area contributed by atoms with Gasteiger partial charge < -0.3 is 4.90 Å². The van der Waals surface area contributed by atoms with Crippen LogP contribution in [0.25, 0.3) is 0 Å². The molecule has 3 fully saturated rings. The third-order valence-electron chi connectivity index (χ3n) is 5.34. The lowest BCUT2D eigenvalue weighted by molar-refractivity contribution is -0.136. The maximum absolute atomic E-state index is 11.7. The molecule has 1 saturated heterocycles. The van der Waals surface area contributed by atoms with Gasteiger partial charge in [0.25, 0.3) is 0 Å². The molecule has 1 amide bonds. The molecule has 0 N–H and O–H groups in total. The quantitative estimate of drug-likeness (QED) is 0.672. The number of likely N-dealkylation sites (tertiary alicyclic amines) is 1. The minimum atomic E-state index is -0.121. The Bertz CT molecular complexity index is 401. The molecule has 3 heteroatoms. The number of hydrogen-bond donors (Lipinski definition) is 0. The van der Waals surface area contributed by atoms with Crippen LogP contribution in [0.1, 0.15) is 34.1 Å². The lowest BCUT2D eigenvalue weighted by Gasteiger charge is -2.26. The Labute approximate surface area is 96.2 Å². The second-order valence-electron chi connectivity index (χ2n) is 6.46. The summed E-state index contributed by atoms with van der Waals surface area (Å²) in [4.78, 5) is 25.0. The van der Waals surface area contributed by atoms with Gasteiger partial charge in [-0.3, -0.25) is 9.59 Å². The van der Waals surface area contributed by atoms with Crippen molar-refractivity contribution in [3.8, 4) is 0 Å². The molecule has 0 bridgehead atoms. The van der Waals surface area contributed by atoms with Crippen molar-refractivity contribution in [1.82, 2.24) is 4.90 Å². The van der Waals surface area contributed by atoms with Crippen molar-refractivity contribution in [2.75, 3.05) is 6.54 Å². The number of ketones is 1. The molecule has 0 radical (unpaired) electrons. The van der Waals surface area contributed by atoms with Crippen LogP contribution in [0, 0.1) is 22.7 Å². The maximum atomic E-state index is 11.7. The van der Waals surface area contributed by atoms with Crippen LogP contribution < -0.4 is 0 Å². The zero-order valence-electron chi connectivity index (χ0n) is 10.4. The SMILES string of the molecule is CC(=O)[C@@H]1[C@@H]2[C@H](CN1C(C)=O)C21CC1(C)C. The molecule has 2 saturated carbocycles. The number of carbonyl (C=O) groups excluding carboxylic acids is 2. The van der Waals surface area contributed by atoms with Crippen molar-refractivity contribution >= 4 is 11.7 Å². The van der Waals surface area contributed by atoms with Gasteiger partial charge >= 0.3 is 0 Å². The van der Waals surface area contributed by atoms with Gasteiger partial charge in [0.2, 0.25) is 5.91 Å². The Hall–Kier alpha value is -0.860. The average molecular weight is 221 g/mol. The van der Waals surface area contributed by atoms with E-state index in [1.165, 1.54) is 6.42 Å². The van der Waals surface area contributed by atoms with Crippen molar-refractivity contribution < 1.29 is 9.59 Å². The van der Waals surface area contributed by atoms with Gasteiger partial charge in [-0.1, -0.05) is 13.8 Å². The molecule has 1 spiro atoms. The average Bonchev–Trinajstić information content (AvgIpc) is 2.85. The third kappa shape index (κ3) is 0.910. The van der Waals surface area contributed by atoms with Crippen LogP contribution in [0.2, 0.25) is 0 Å². The van der Waals surface area contributed by atoms with E-state index in [0.717, 1.165) is 6.54 Å². The molecule has 4 atom stereocenters. The highest BCUT2D eigenvalue weighted by Crippen LogP contribution is 2.87. The summed E-state index contributed by atoms with van der Waals surface area (Å²) in [6.07, 6.45) is 1.24. The van der Waals surface area contributed by atoms with Crippen molar-refractivity contribution in [3.05, 3.63) is 0 Å². The van der Waals surface area contributed by atoms with Crippen LogP contribution in [-0.2, 0) is 9.59 Å². The van der Waals surface area contributed by atoms with E-state index in [2.05, 4.69) is 13.8 Å². The number of hydrogen-bond acceptors (Lipinski definition) is 2. The fourth-order valence-electron chi connectivity index (χ4n) is 4.53. The van der Waals surface area contributed by atoms with E-state index in [9.17, 15) is 9.59 Å². The first-order valence-electron chi connectivity index (χ1n) is 6.10. The predicted molar refractivity (Wildman–Crippen MR) is 59.7 cm³/mol. The number of piperidine rings is 1. The summed E-state index contributed by atoms with van der Waals surface area (Å²) in [5.41, 5.74) is 0.814. The summed E-state index contributed by atoms with van der Waals surface area (Å²) in [6, 6.07) is -0.121. The number of Topliss-reactive ketones (excluding diaryl/α,β-unsaturated/α-hetero) is 1. The molecule has 0 aromatic carbocycles. The number of fused-ring (bicyclic) bond motifs is 3. The number of amides is 1. The monoisotopic (exact) mass is 221 g/mol. The minimum absolute atomic E-state index is 0.0565. The molecule has 3 nitrogen and oxygen atoms in total. The van der Waals surface area contributed by atoms with Crippen molar-refractivity contribution in [1.29, 1.82) is 0 Å². The molecule has 88 valence electrons. The van der Waals surface area contributed by atoms with E-state index >= 15 is 0 Å². The Morgan fingerprint density at radius 2 is 1.81 bits per heavy atom. The van der Waals surface area contributed by atoms with Crippen molar-refractivity contribution in [2.24, 2.45) is 22.7 Å². The normalized spacial score (nSPS) is 46.8. The molecule has 0 aromatic heterocycles. The number of nitrogens with zero attached hydrogens (tertiary/aromatic N) is 1. The molecule has 1 unspecified atom stereocenters. The zero-order valence-corrected chi connectivity index (χ0v) is 10.4. The van der Waals surface area contributed by atoms with Crippen molar-refractivity contribution in [2.45, 2.75) is 40.2 Å². The van der Waals surface area contributed by atoms with Crippen molar-refractivity contribution in [3.63, 3.8) is 0 Å². The van der Waals surface area contributed by atoms with Gasteiger partial charge in [-0.25, -0.2) is 0 Å². The lowest BCUT2D eigenvalue weighted by Crippen LogP contribution is -2.43. The Kier molecular flexibility index (Phi) is 1.62. The van der Waals surface area contributed by atoms with Gasteiger partial charge in [0.05, 0.1) is 6.04 Å². The van der Waals surface area contributed by atoms with Crippen LogP contribution in [0.3, 0.4) is 0 Å². The molecule has 3 rings (SSSR count). The Morgan fingerprint density at radius 1 is 1.25 bits per heavy atom. The summed E-state index contributed by atoms with van der Waals surface area (Å²) in [5, 5.41) is 0. The molecule has 2 aliphatic carbocycles. The second kappa shape index (κ2) is 2.52. The van der Waals surface area contributed by atoms with Gasteiger partial charge in [-0.05, 0) is 36.0 Å². The van der Waals surface area contributed by atoms with Gasteiger partial charge in [-0.2, -0.15) is 0 Å². The van der Waals surface area contributed by atoms with Crippen LogP contribution in [-0.4, -0.2) is 29.2 Å². The maximum Gasteiger partial charge on any atom is 0.220 e. The van der Waals surface area contributed by atoms with Gasteiger partial charge in [0.1, 0.15) is 0 Å². The smallest absolute Gasteiger partial charge is 0.220 e. The van der Waals surface area contributed by atoms with E-state index in [1.54, 1.807) is 18.7 Å². The highest BCUT2D eigenvalue weighted by Gasteiger charge is 2.86. The zero-order chi connectivity index (χ0) is 11.9. The standard InChI is InChI=1S/C13H19NO2/c1-7(15)11-10-9(5-14(11)8(2)16)13(10)6-12(13,3)4/h9-11H,5-6H2,1-4H3/t9-,10-,11+,13?/m0/s1. The molecule has 1 aliphatic heterocycles. The molecular formula is C13H19NO2. The summed E-state index contributed by atoms with van der Waals surface area (Å²) >= 11 is 0. The lowest BCUT2D eigenvalue weighted by atomic mass is 9.99. The summed E-state index contributed by atoms with van der Waals surface area (Å²) in [5.74, 6) is 1.28. The molecule has 1 heterocycles. The van der Waals surface area contributed by atoms with E-state index < -0.39 is 0 Å². The molecular weight excluding hydrogens is 202 g/mol. The third-order valence-corrected chi connectivity index (χ3v) is 5.34. The summed E-state index contributed by atoms with van der Waals surface area (Å²) in [6.45, 7) is 8.60. The molecule has 0 aromatic rings. The fourth-order valence-corrected chi connectivity index (χ4v) is 4.53. The summed E-state index contributed by atoms with van der Waals surface area (Å²) in [7, 11) is 0. The Balaban J connectivity index is 1.88. The molecule has 3 aliphatic rings. The second-order valence-corrected chi connectivity index (χ2v) is 6.46. The Morgan fingerprint density at radius 3 is 2.19 bits per heavy atom. The van der Waals surface area contributed by atoms with Gasteiger partial charge in [0.15, 0.2) is 5.78 Å². The van der Waals surface area contributed by atoms with Crippen LogP contribution in [0.4, 0.5) is 0 Å². The van der Waals surface area contributed by atoms with Crippen LogP contribution >= 0.6 is 0 Å². The highest BCUT2D eigenvalue weighted by molar-refractivity contribution is 5.89. The first-order chi connectivity index (χ1) is 7.33. The topological polar surface area (TPSA) is 37.4 Å². The van der Waals surface area contributed by atoms with Gasteiger partial charge in [0, 0.05) is 13.5 Å². The van der Waals surface area contributed by atoms with Crippen LogP contribution in [0.15, 0.2) is 0 Å². The first-order valence-corrected chi connectivity index (χ1v) is 6.10. The van der Waals surface area contributed by atoms with E-state index in [-0.39, 0.29) is 17.7 Å². The van der Waals surface area contributed by atoms with E-state index in [0.29, 0.717) is 22.7 Å². The first kappa shape index (κ1) is 10.3. The van der Waals surface area contributed by atoms with Crippen LogP contribution in [0.5, 0.6) is 0 Å². The van der Waals surface area contributed by atoms with E-state index in [1.807, 2.05) is 0 Å². The largest absolute Gasteiger partial charge is 0.332 e. The predicted octanol–water partition coefficient (Wildman–Crippen LogP) is 1.47. The van der Waals surface area contributed by atoms with E-state index in [4.69, 9.17) is 0 Å². The molecule has 16 heavy (non-hydrogen) atoms. The fraction of sp³-hybridized carbons (Fsp3) is 0.846. The number of rotatable bonds is 1. The van der Waals surface area contributed by atoms with Gasteiger partial charge in [-0.15, -0.1) is 0 Å².